The molecule has 1 saturated carbocycles. The number of hydrogen-bond acceptors (Lipinski definition) is 3. The van der Waals surface area contributed by atoms with E-state index in [0.29, 0.717) is 38.3 Å². The lowest BCUT2D eigenvalue weighted by Crippen LogP contribution is -2.43. The van der Waals surface area contributed by atoms with Crippen molar-refractivity contribution in [2.75, 3.05) is 13.1 Å². The van der Waals surface area contributed by atoms with Gasteiger partial charge in [0.2, 0.25) is 10.0 Å². The SMILES string of the molecule is CCC(C)CN(CC)S(=O)(=O)C1CCCC1C(=O)O. The summed E-state index contributed by atoms with van der Waals surface area (Å²) in [5.41, 5.74) is 0. The summed E-state index contributed by atoms with van der Waals surface area (Å²) < 4.78 is 26.7. The van der Waals surface area contributed by atoms with Crippen molar-refractivity contribution >= 4 is 16.0 Å². The first-order valence-corrected chi connectivity index (χ1v) is 8.56. The van der Waals surface area contributed by atoms with E-state index < -0.39 is 27.2 Å². The maximum atomic E-state index is 12.6. The highest BCUT2D eigenvalue weighted by Gasteiger charge is 2.44. The molecule has 1 rings (SSSR count). The molecule has 1 N–H and O–H groups in total. The Morgan fingerprint density at radius 3 is 2.47 bits per heavy atom. The maximum absolute atomic E-state index is 12.6. The monoisotopic (exact) mass is 291 g/mol. The molecule has 0 aliphatic heterocycles. The van der Waals surface area contributed by atoms with Gasteiger partial charge in [-0.25, -0.2) is 12.7 Å². The Hall–Kier alpha value is -0.620. The second-order valence-electron chi connectivity index (χ2n) is 5.42. The summed E-state index contributed by atoms with van der Waals surface area (Å²) in [6.45, 7) is 6.75. The predicted octanol–water partition coefficient (Wildman–Crippen LogP) is 1.94. The molecule has 0 heterocycles. The molecule has 0 saturated heterocycles. The molecule has 0 aromatic carbocycles. The van der Waals surface area contributed by atoms with Crippen molar-refractivity contribution in [1.82, 2.24) is 4.31 Å². The van der Waals surface area contributed by atoms with Gasteiger partial charge >= 0.3 is 5.97 Å². The minimum Gasteiger partial charge on any atom is -0.481 e. The molecule has 0 spiro atoms. The molecular weight excluding hydrogens is 266 g/mol. The second-order valence-corrected chi connectivity index (χ2v) is 7.57. The van der Waals surface area contributed by atoms with Crippen LogP contribution < -0.4 is 0 Å². The number of hydrogen-bond donors (Lipinski definition) is 1. The first-order chi connectivity index (χ1) is 8.84. The summed E-state index contributed by atoms with van der Waals surface area (Å²) in [5.74, 6) is -1.43. The largest absolute Gasteiger partial charge is 0.481 e. The number of nitrogens with zero attached hydrogens (tertiary/aromatic N) is 1. The van der Waals surface area contributed by atoms with Crippen molar-refractivity contribution in [1.29, 1.82) is 0 Å². The van der Waals surface area contributed by atoms with E-state index in [0.717, 1.165) is 6.42 Å². The van der Waals surface area contributed by atoms with Gasteiger partial charge in [-0.15, -0.1) is 0 Å². The van der Waals surface area contributed by atoms with Gasteiger partial charge in [0.05, 0.1) is 11.2 Å². The van der Waals surface area contributed by atoms with E-state index in [9.17, 15) is 13.2 Å². The quantitative estimate of drug-likeness (QED) is 0.778. The van der Waals surface area contributed by atoms with Gasteiger partial charge in [-0.1, -0.05) is 33.6 Å². The van der Waals surface area contributed by atoms with Gasteiger partial charge in [-0.2, -0.15) is 0 Å². The van der Waals surface area contributed by atoms with Crippen LogP contribution in [-0.4, -0.2) is 42.1 Å². The third-order valence-electron chi connectivity index (χ3n) is 4.08. The van der Waals surface area contributed by atoms with E-state index in [1.165, 1.54) is 4.31 Å². The van der Waals surface area contributed by atoms with Gasteiger partial charge in [-0.05, 0) is 18.8 Å². The molecule has 0 radical (unpaired) electrons. The van der Waals surface area contributed by atoms with Gasteiger partial charge < -0.3 is 5.11 Å². The zero-order chi connectivity index (χ0) is 14.6. The first kappa shape index (κ1) is 16.4. The third kappa shape index (κ3) is 3.69. The minimum atomic E-state index is -3.50. The molecule has 3 unspecified atom stereocenters. The fourth-order valence-electron chi connectivity index (χ4n) is 2.65. The molecule has 19 heavy (non-hydrogen) atoms. The number of rotatable bonds is 7. The molecule has 112 valence electrons. The van der Waals surface area contributed by atoms with Gasteiger partial charge in [-0.3, -0.25) is 4.79 Å². The van der Waals surface area contributed by atoms with Gasteiger partial charge in [0, 0.05) is 13.1 Å². The number of sulfonamides is 1. The van der Waals surface area contributed by atoms with E-state index in [-0.39, 0.29) is 0 Å². The fraction of sp³-hybridized carbons (Fsp3) is 0.923. The normalized spacial score (nSPS) is 25.7. The zero-order valence-corrected chi connectivity index (χ0v) is 12.8. The summed E-state index contributed by atoms with van der Waals surface area (Å²) in [5, 5.41) is 8.40. The Bertz CT molecular complexity index is 407. The molecule has 0 amide bonds. The van der Waals surface area contributed by atoms with Gasteiger partial charge in [0.25, 0.3) is 0 Å². The van der Waals surface area contributed by atoms with Gasteiger partial charge in [0.1, 0.15) is 0 Å². The standard InChI is InChI=1S/C13H25NO4S/c1-4-10(3)9-14(5-2)19(17,18)12-8-6-7-11(12)13(15)16/h10-12H,4-9H2,1-3H3,(H,15,16). The Morgan fingerprint density at radius 1 is 1.37 bits per heavy atom. The Kier molecular flexibility index (Phi) is 5.80. The van der Waals surface area contributed by atoms with E-state index >= 15 is 0 Å². The molecule has 0 bridgehead atoms. The van der Waals surface area contributed by atoms with Crippen molar-refractivity contribution in [3.63, 3.8) is 0 Å². The lowest BCUT2D eigenvalue weighted by molar-refractivity contribution is -0.141. The average Bonchev–Trinajstić information content (AvgIpc) is 2.85. The molecule has 5 nitrogen and oxygen atoms in total. The summed E-state index contributed by atoms with van der Waals surface area (Å²) in [6, 6.07) is 0. The maximum Gasteiger partial charge on any atom is 0.307 e. The number of carboxylic acids is 1. The lowest BCUT2D eigenvalue weighted by atomic mass is 10.1. The first-order valence-electron chi connectivity index (χ1n) is 7.06. The Morgan fingerprint density at radius 2 is 2.00 bits per heavy atom. The van der Waals surface area contributed by atoms with E-state index in [2.05, 4.69) is 0 Å². The van der Waals surface area contributed by atoms with Crippen LogP contribution in [0.25, 0.3) is 0 Å². The Labute approximate surface area is 116 Å². The highest BCUT2D eigenvalue weighted by Crippen LogP contribution is 2.33. The van der Waals surface area contributed by atoms with Crippen LogP contribution in [0.1, 0.15) is 46.5 Å². The van der Waals surface area contributed by atoms with Crippen molar-refractivity contribution < 1.29 is 18.3 Å². The van der Waals surface area contributed by atoms with Crippen molar-refractivity contribution in [3.05, 3.63) is 0 Å². The van der Waals surface area contributed by atoms with Crippen LogP contribution in [-0.2, 0) is 14.8 Å². The predicted molar refractivity (Wildman–Crippen MR) is 74.4 cm³/mol. The smallest absolute Gasteiger partial charge is 0.307 e. The number of carboxylic acid groups (broad SMARTS) is 1. The van der Waals surface area contributed by atoms with Crippen LogP contribution in [0.3, 0.4) is 0 Å². The molecule has 3 atom stereocenters. The molecule has 0 aromatic rings. The molecule has 1 aliphatic rings. The topological polar surface area (TPSA) is 74.7 Å². The number of aliphatic carboxylic acids is 1. The second kappa shape index (κ2) is 6.70. The van der Waals surface area contributed by atoms with E-state index in [1.54, 1.807) is 0 Å². The van der Waals surface area contributed by atoms with Crippen molar-refractivity contribution in [2.45, 2.75) is 51.7 Å². The molecule has 6 heteroatoms. The highest BCUT2D eigenvalue weighted by atomic mass is 32.2. The third-order valence-corrected chi connectivity index (χ3v) is 6.53. The summed E-state index contributed by atoms with van der Waals surface area (Å²) in [7, 11) is -3.50. The van der Waals surface area contributed by atoms with Crippen LogP contribution >= 0.6 is 0 Å². The molecule has 1 aliphatic carbocycles. The molecular formula is C13H25NO4S. The summed E-state index contributed by atoms with van der Waals surface area (Å²) >= 11 is 0. The van der Waals surface area contributed by atoms with E-state index in [4.69, 9.17) is 5.11 Å². The highest BCUT2D eigenvalue weighted by molar-refractivity contribution is 7.89. The van der Waals surface area contributed by atoms with E-state index in [1.807, 2.05) is 20.8 Å². The number of carbonyl (C=O) groups is 1. The fourth-order valence-corrected chi connectivity index (χ4v) is 4.98. The molecule has 1 fully saturated rings. The van der Waals surface area contributed by atoms with Crippen LogP contribution in [0.2, 0.25) is 0 Å². The minimum absolute atomic E-state index is 0.291. The lowest BCUT2D eigenvalue weighted by Gasteiger charge is -2.28. The summed E-state index contributed by atoms with van der Waals surface area (Å²) in [6.07, 6.45) is 2.54. The van der Waals surface area contributed by atoms with Crippen LogP contribution in [0.15, 0.2) is 0 Å². The average molecular weight is 291 g/mol. The van der Waals surface area contributed by atoms with Crippen molar-refractivity contribution in [3.8, 4) is 0 Å². The summed E-state index contributed by atoms with van der Waals surface area (Å²) in [4.78, 5) is 11.2. The molecule has 0 aromatic heterocycles. The van der Waals surface area contributed by atoms with Gasteiger partial charge in [0.15, 0.2) is 0 Å². The van der Waals surface area contributed by atoms with Crippen molar-refractivity contribution in [2.24, 2.45) is 11.8 Å². The Balaban J connectivity index is 2.91. The van der Waals surface area contributed by atoms with Crippen LogP contribution in [0.4, 0.5) is 0 Å². The van der Waals surface area contributed by atoms with Crippen LogP contribution in [0, 0.1) is 11.8 Å². The van der Waals surface area contributed by atoms with Crippen LogP contribution in [0.5, 0.6) is 0 Å². The zero-order valence-electron chi connectivity index (χ0n) is 12.0.